The molecule has 2 heterocycles. The van der Waals surface area contributed by atoms with Crippen molar-refractivity contribution in [1.82, 2.24) is 19.9 Å². The van der Waals surface area contributed by atoms with Gasteiger partial charge >= 0.3 is 0 Å². The number of imidazole rings is 1. The maximum atomic E-state index is 13.0. The summed E-state index contributed by atoms with van der Waals surface area (Å²) in [4.78, 5) is 16.9. The maximum absolute atomic E-state index is 13.0. The second-order valence-corrected chi connectivity index (χ2v) is 6.82. The minimum Gasteiger partial charge on any atom is -0.354 e. The molecule has 4 rings (SSSR count). The molecule has 0 bridgehead atoms. The van der Waals surface area contributed by atoms with Gasteiger partial charge in [0.05, 0.1) is 18.4 Å². The lowest BCUT2D eigenvalue weighted by Gasteiger charge is -2.03. The van der Waals surface area contributed by atoms with Crippen molar-refractivity contribution in [3.8, 4) is 11.3 Å². The van der Waals surface area contributed by atoms with Crippen LogP contribution in [0.1, 0.15) is 12.8 Å². The first-order chi connectivity index (χ1) is 11.7. The average molecular weight is 345 g/mol. The van der Waals surface area contributed by atoms with E-state index in [4.69, 9.17) is 0 Å². The number of carbonyl (C=O) groups is 1. The third-order valence-corrected chi connectivity index (χ3v) is 4.75. The molecule has 124 valence electrons. The van der Waals surface area contributed by atoms with Crippen molar-refractivity contribution in [2.45, 2.75) is 12.8 Å². The molecule has 0 unspecified atom stereocenters. The summed E-state index contributed by atoms with van der Waals surface area (Å²) in [6.07, 6.45) is 4.22. The Morgan fingerprint density at radius 2 is 2.12 bits per heavy atom. The van der Waals surface area contributed by atoms with Crippen LogP contribution in [-0.2, 0) is 4.79 Å². The third-order valence-electron chi connectivity index (χ3n) is 3.87. The highest BCUT2D eigenvalue weighted by atomic mass is 32.1. The maximum Gasteiger partial charge on any atom is 0.239 e. The molecule has 1 amide bonds. The number of carbonyl (C=O) groups excluding carboxylic acids is 1. The first-order valence-corrected chi connectivity index (χ1v) is 8.62. The Morgan fingerprint density at radius 1 is 1.33 bits per heavy atom. The first kappa shape index (κ1) is 15.1. The number of halogens is 1. The van der Waals surface area contributed by atoms with Crippen molar-refractivity contribution >= 4 is 27.3 Å². The molecular formula is C16H16FN5OS. The van der Waals surface area contributed by atoms with E-state index in [1.165, 1.54) is 36.3 Å². The van der Waals surface area contributed by atoms with Gasteiger partial charge in [0.2, 0.25) is 16.0 Å². The number of amides is 1. The van der Waals surface area contributed by atoms with Crippen molar-refractivity contribution in [3.63, 3.8) is 0 Å². The summed E-state index contributed by atoms with van der Waals surface area (Å²) < 4.78 is 14.6. The fraction of sp³-hybridized carbons (Fsp3) is 0.312. The van der Waals surface area contributed by atoms with Gasteiger partial charge in [-0.25, -0.2) is 13.9 Å². The number of fused-ring (bicyclic) bond motifs is 1. The molecule has 0 saturated heterocycles. The van der Waals surface area contributed by atoms with Gasteiger partial charge in [0, 0.05) is 12.1 Å². The zero-order valence-corrected chi connectivity index (χ0v) is 13.6. The molecule has 24 heavy (non-hydrogen) atoms. The minimum absolute atomic E-state index is 0.0262. The highest BCUT2D eigenvalue weighted by molar-refractivity contribution is 7.20. The van der Waals surface area contributed by atoms with E-state index in [1.54, 1.807) is 22.8 Å². The largest absolute Gasteiger partial charge is 0.354 e. The van der Waals surface area contributed by atoms with Crippen molar-refractivity contribution in [2.75, 3.05) is 18.4 Å². The Bertz CT molecular complexity index is 837. The summed E-state index contributed by atoms with van der Waals surface area (Å²) in [5, 5.41) is 10.9. The van der Waals surface area contributed by atoms with Crippen LogP contribution in [0.4, 0.5) is 9.52 Å². The van der Waals surface area contributed by atoms with Gasteiger partial charge in [-0.15, -0.1) is 5.10 Å². The van der Waals surface area contributed by atoms with E-state index in [0.717, 1.165) is 22.8 Å². The fourth-order valence-electron chi connectivity index (χ4n) is 2.33. The molecule has 1 aliphatic carbocycles. The molecule has 0 spiro atoms. The standard InChI is InChI=1S/C16H16FN5OS/c17-12-5-3-11(4-6-12)13-9-22-16(20-13)24-15(21-22)19-8-14(23)18-7-10-1-2-10/h3-6,9-10H,1-2,7-8H2,(H,18,23)(H,19,21). The molecule has 8 heteroatoms. The second-order valence-electron chi connectivity index (χ2n) is 5.87. The van der Waals surface area contributed by atoms with Crippen LogP contribution in [0.3, 0.4) is 0 Å². The number of benzene rings is 1. The summed E-state index contributed by atoms with van der Waals surface area (Å²) in [5.74, 6) is 0.369. The number of anilines is 1. The van der Waals surface area contributed by atoms with Gasteiger partial charge < -0.3 is 10.6 Å². The number of nitrogens with zero attached hydrogens (tertiary/aromatic N) is 3. The molecule has 1 saturated carbocycles. The lowest BCUT2D eigenvalue weighted by molar-refractivity contribution is -0.119. The highest BCUT2D eigenvalue weighted by Gasteiger charge is 2.21. The molecule has 1 aromatic carbocycles. The number of aromatic nitrogens is 3. The van der Waals surface area contributed by atoms with Crippen LogP contribution in [0.5, 0.6) is 0 Å². The van der Waals surface area contributed by atoms with Crippen molar-refractivity contribution in [3.05, 3.63) is 36.3 Å². The minimum atomic E-state index is -0.274. The molecular weight excluding hydrogens is 329 g/mol. The highest BCUT2D eigenvalue weighted by Crippen LogP contribution is 2.27. The predicted molar refractivity (Wildman–Crippen MR) is 90.5 cm³/mol. The van der Waals surface area contributed by atoms with Gasteiger partial charge in [-0.3, -0.25) is 4.79 Å². The SMILES string of the molecule is O=C(CNc1nn2cc(-c3ccc(F)cc3)nc2s1)NCC1CC1. The van der Waals surface area contributed by atoms with Gasteiger partial charge in [-0.05, 0) is 43.0 Å². The Morgan fingerprint density at radius 3 is 2.83 bits per heavy atom. The number of hydrogen-bond donors (Lipinski definition) is 2. The quantitative estimate of drug-likeness (QED) is 0.720. The van der Waals surface area contributed by atoms with E-state index < -0.39 is 0 Å². The van der Waals surface area contributed by atoms with Gasteiger partial charge in [0.15, 0.2) is 0 Å². The summed E-state index contributed by atoms with van der Waals surface area (Å²) in [6, 6.07) is 6.18. The van der Waals surface area contributed by atoms with Gasteiger partial charge in [0.1, 0.15) is 5.82 Å². The molecule has 0 aliphatic heterocycles. The second kappa shape index (κ2) is 6.20. The van der Waals surface area contributed by atoms with Crippen LogP contribution >= 0.6 is 11.3 Å². The van der Waals surface area contributed by atoms with Gasteiger partial charge in [-0.1, -0.05) is 11.3 Å². The molecule has 6 nitrogen and oxygen atoms in total. The zero-order chi connectivity index (χ0) is 16.5. The smallest absolute Gasteiger partial charge is 0.239 e. The Balaban J connectivity index is 1.39. The van der Waals surface area contributed by atoms with Crippen LogP contribution in [0.15, 0.2) is 30.5 Å². The molecule has 2 aromatic heterocycles. The lowest BCUT2D eigenvalue weighted by atomic mass is 10.2. The fourth-order valence-corrected chi connectivity index (χ4v) is 3.11. The number of nitrogens with one attached hydrogen (secondary N) is 2. The van der Waals surface area contributed by atoms with Gasteiger partial charge in [0.25, 0.3) is 0 Å². The van der Waals surface area contributed by atoms with Crippen LogP contribution < -0.4 is 10.6 Å². The summed E-state index contributed by atoms with van der Waals surface area (Å²) in [6.45, 7) is 0.969. The zero-order valence-electron chi connectivity index (χ0n) is 12.8. The normalized spacial score (nSPS) is 14.0. The summed E-state index contributed by atoms with van der Waals surface area (Å²) >= 11 is 1.37. The monoisotopic (exact) mass is 345 g/mol. The molecule has 1 fully saturated rings. The van der Waals surface area contributed by atoms with E-state index in [2.05, 4.69) is 20.7 Å². The lowest BCUT2D eigenvalue weighted by Crippen LogP contribution is -2.31. The van der Waals surface area contributed by atoms with E-state index in [-0.39, 0.29) is 18.3 Å². The molecule has 0 radical (unpaired) electrons. The van der Waals surface area contributed by atoms with Crippen LogP contribution in [0.2, 0.25) is 0 Å². The molecule has 3 aromatic rings. The summed E-state index contributed by atoms with van der Waals surface area (Å²) in [5.41, 5.74) is 1.57. The Kier molecular flexibility index (Phi) is 3.89. The van der Waals surface area contributed by atoms with Crippen LogP contribution in [0.25, 0.3) is 16.2 Å². The average Bonchev–Trinajstić information content (AvgIpc) is 3.20. The number of hydrogen-bond acceptors (Lipinski definition) is 5. The Hall–Kier alpha value is -2.48. The van der Waals surface area contributed by atoms with E-state index >= 15 is 0 Å². The summed E-state index contributed by atoms with van der Waals surface area (Å²) in [7, 11) is 0. The first-order valence-electron chi connectivity index (χ1n) is 7.80. The van der Waals surface area contributed by atoms with Crippen LogP contribution in [-0.4, -0.2) is 33.6 Å². The molecule has 1 aliphatic rings. The van der Waals surface area contributed by atoms with Crippen molar-refractivity contribution in [1.29, 1.82) is 0 Å². The van der Waals surface area contributed by atoms with E-state index in [1.807, 2.05) is 0 Å². The van der Waals surface area contributed by atoms with Gasteiger partial charge in [-0.2, -0.15) is 0 Å². The topological polar surface area (TPSA) is 71.3 Å². The van der Waals surface area contributed by atoms with Crippen molar-refractivity contribution in [2.24, 2.45) is 5.92 Å². The molecule has 2 N–H and O–H groups in total. The number of rotatable bonds is 6. The van der Waals surface area contributed by atoms with Crippen molar-refractivity contribution < 1.29 is 9.18 Å². The Labute approximate surface area is 141 Å². The molecule has 0 atom stereocenters. The van der Waals surface area contributed by atoms with Crippen LogP contribution in [0, 0.1) is 11.7 Å². The predicted octanol–water partition coefficient (Wildman–Crippen LogP) is 2.54. The van der Waals surface area contributed by atoms with E-state index in [9.17, 15) is 9.18 Å². The van der Waals surface area contributed by atoms with E-state index in [0.29, 0.717) is 11.0 Å². The third kappa shape index (κ3) is 3.38.